The summed E-state index contributed by atoms with van der Waals surface area (Å²) in [4.78, 5) is 16.4. The molecule has 0 aliphatic heterocycles. The van der Waals surface area contributed by atoms with Gasteiger partial charge in [0.2, 0.25) is 6.86 Å². The molecule has 0 fully saturated rings. The molecule has 0 saturated heterocycles. The van der Waals surface area contributed by atoms with E-state index in [4.69, 9.17) is 9.47 Å². The van der Waals surface area contributed by atoms with E-state index in [9.17, 15) is 13.6 Å². The molecule has 7 heteroatoms. The van der Waals surface area contributed by atoms with Gasteiger partial charge in [-0.05, 0) is 78.9 Å². The zero-order valence-electron chi connectivity index (χ0n) is 19.7. The van der Waals surface area contributed by atoms with Gasteiger partial charge in [-0.15, -0.1) is 0 Å². The van der Waals surface area contributed by atoms with E-state index in [0.717, 1.165) is 34.0 Å². The first-order valence-electron chi connectivity index (χ1n) is 11.6. The molecule has 0 bridgehead atoms. The van der Waals surface area contributed by atoms with Crippen LogP contribution in [-0.2, 0) is 6.42 Å². The summed E-state index contributed by atoms with van der Waals surface area (Å²) in [6, 6.07) is 16.8. The van der Waals surface area contributed by atoms with Crippen LogP contribution in [-0.4, -0.2) is 30.4 Å². The summed E-state index contributed by atoms with van der Waals surface area (Å²) in [5, 5.41) is 3.84. The van der Waals surface area contributed by atoms with Crippen LogP contribution in [0.3, 0.4) is 0 Å². The van der Waals surface area contributed by atoms with Crippen molar-refractivity contribution in [3.05, 3.63) is 83.8 Å². The highest BCUT2D eigenvalue weighted by Gasteiger charge is 2.18. The smallest absolute Gasteiger partial charge is 0.255 e. The summed E-state index contributed by atoms with van der Waals surface area (Å²) >= 11 is 0. The summed E-state index contributed by atoms with van der Waals surface area (Å²) < 4.78 is 37.1. The molecule has 1 heterocycles. The highest BCUT2D eigenvalue weighted by Crippen LogP contribution is 2.29. The number of fused-ring (bicyclic) bond motifs is 1. The molecule has 4 rings (SSSR count). The first-order valence-corrected chi connectivity index (χ1v) is 11.6. The summed E-state index contributed by atoms with van der Waals surface area (Å²) in [5.74, 6) is 0.329. The number of aromatic amines is 1. The Kier molecular flexibility index (Phi) is 7.65. The number of nitrogens with one attached hydrogen (secondary N) is 2. The molecule has 4 aromatic rings. The maximum absolute atomic E-state index is 13.7. The summed E-state index contributed by atoms with van der Waals surface area (Å²) in [6.45, 7) is 3.47. The van der Waals surface area contributed by atoms with Crippen LogP contribution in [0.2, 0.25) is 0 Å². The van der Waals surface area contributed by atoms with Gasteiger partial charge >= 0.3 is 0 Å². The van der Waals surface area contributed by atoms with Crippen molar-refractivity contribution < 1.29 is 23.0 Å². The fourth-order valence-corrected chi connectivity index (χ4v) is 4.06. The quantitative estimate of drug-likeness (QED) is 0.276. The van der Waals surface area contributed by atoms with E-state index in [1.807, 2.05) is 32.2 Å². The fourth-order valence-electron chi connectivity index (χ4n) is 4.06. The molecule has 1 atom stereocenters. The highest BCUT2D eigenvalue weighted by molar-refractivity contribution is 5.98. The van der Waals surface area contributed by atoms with Crippen LogP contribution < -0.4 is 14.8 Å². The van der Waals surface area contributed by atoms with Crippen LogP contribution in [0.25, 0.3) is 22.0 Å². The Balaban J connectivity index is 1.57. The molecule has 0 saturated carbocycles. The molecule has 0 radical (unpaired) electrons. The van der Waals surface area contributed by atoms with E-state index in [0.29, 0.717) is 30.1 Å². The second-order valence-electron chi connectivity index (χ2n) is 8.42. The second kappa shape index (κ2) is 11.0. The number of H-pyrrole nitrogens is 1. The molecule has 0 spiro atoms. The highest BCUT2D eigenvalue weighted by atomic mass is 19.1. The molecule has 35 heavy (non-hydrogen) atoms. The predicted molar refractivity (Wildman–Crippen MR) is 133 cm³/mol. The van der Waals surface area contributed by atoms with Gasteiger partial charge < -0.3 is 19.8 Å². The summed E-state index contributed by atoms with van der Waals surface area (Å²) in [7, 11) is 0. The second-order valence-corrected chi connectivity index (χ2v) is 8.42. The van der Waals surface area contributed by atoms with Crippen LogP contribution >= 0.6 is 0 Å². The zero-order chi connectivity index (χ0) is 24.8. The van der Waals surface area contributed by atoms with Crippen molar-refractivity contribution in [1.29, 1.82) is 0 Å². The topological polar surface area (TPSA) is 63.4 Å². The van der Waals surface area contributed by atoms with Crippen LogP contribution in [0.1, 0.15) is 36.2 Å². The third kappa shape index (κ3) is 5.80. The fraction of sp³-hybridized carbons (Fsp3) is 0.250. The Hall–Kier alpha value is -3.87. The minimum Gasteiger partial charge on any atom is -0.493 e. The predicted octanol–water partition coefficient (Wildman–Crippen LogP) is 6.43. The van der Waals surface area contributed by atoms with Crippen molar-refractivity contribution >= 4 is 16.8 Å². The Morgan fingerprint density at radius 1 is 1.06 bits per heavy atom. The third-order valence-electron chi connectivity index (χ3n) is 5.71. The standard InChI is InChI=1S/C28H28F2N2O3/c1-3-11-34-27-10-7-20(19-5-4-6-23(13-19)35-17-29)14-25(27)28(33)32-18(2)12-21-16-31-26-9-8-22(30)15-24(21)26/h4-10,13-16,18,31H,3,11-12,17H2,1-2H3,(H,32,33). The molecular formula is C28H28F2N2O3. The van der Waals surface area contributed by atoms with Crippen LogP contribution in [0, 0.1) is 5.82 Å². The molecule has 182 valence electrons. The molecular weight excluding hydrogens is 450 g/mol. The van der Waals surface area contributed by atoms with Gasteiger partial charge in [-0.2, -0.15) is 0 Å². The first-order chi connectivity index (χ1) is 17.0. The molecule has 0 aliphatic rings. The Labute approximate surface area is 203 Å². The third-order valence-corrected chi connectivity index (χ3v) is 5.71. The lowest BCUT2D eigenvalue weighted by Crippen LogP contribution is -2.34. The van der Waals surface area contributed by atoms with Crippen molar-refractivity contribution in [2.45, 2.75) is 32.7 Å². The van der Waals surface area contributed by atoms with Gasteiger partial charge in [-0.25, -0.2) is 8.78 Å². The lowest BCUT2D eigenvalue weighted by molar-refractivity contribution is 0.0936. The van der Waals surface area contributed by atoms with Crippen LogP contribution in [0.4, 0.5) is 8.78 Å². The molecule has 1 aromatic heterocycles. The SMILES string of the molecule is CCCOc1ccc(-c2cccc(OCF)c2)cc1C(=O)NC(C)Cc1c[nH]c2ccc(F)cc12. The van der Waals surface area contributed by atoms with Gasteiger partial charge in [-0.3, -0.25) is 4.79 Å². The number of rotatable bonds is 10. The number of amides is 1. The minimum atomic E-state index is -0.915. The van der Waals surface area contributed by atoms with Gasteiger partial charge in [0, 0.05) is 23.1 Å². The maximum atomic E-state index is 13.7. The number of hydrogen-bond acceptors (Lipinski definition) is 3. The molecule has 5 nitrogen and oxygen atoms in total. The number of aromatic nitrogens is 1. The van der Waals surface area contributed by atoms with E-state index >= 15 is 0 Å². The average Bonchev–Trinajstić information content (AvgIpc) is 3.24. The number of halogens is 2. The van der Waals surface area contributed by atoms with E-state index in [2.05, 4.69) is 10.3 Å². The number of benzene rings is 3. The van der Waals surface area contributed by atoms with Crippen molar-refractivity contribution in [3.8, 4) is 22.6 Å². The van der Waals surface area contributed by atoms with Crippen LogP contribution in [0.5, 0.6) is 11.5 Å². The van der Waals surface area contributed by atoms with Crippen molar-refractivity contribution in [1.82, 2.24) is 10.3 Å². The van der Waals surface area contributed by atoms with Crippen molar-refractivity contribution in [2.24, 2.45) is 0 Å². The lowest BCUT2D eigenvalue weighted by atomic mass is 10.0. The Morgan fingerprint density at radius 2 is 1.89 bits per heavy atom. The molecule has 0 aliphatic carbocycles. The summed E-state index contributed by atoms with van der Waals surface area (Å²) in [5.41, 5.74) is 3.75. The normalized spacial score (nSPS) is 11.9. The monoisotopic (exact) mass is 478 g/mol. The van der Waals surface area contributed by atoms with E-state index in [1.54, 1.807) is 36.4 Å². The van der Waals surface area contributed by atoms with E-state index < -0.39 is 6.86 Å². The number of carbonyl (C=O) groups is 1. The zero-order valence-corrected chi connectivity index (χ0v) is 19.7. The number of hydrogen-bond donors (Lipinski definition) is 2. The first kappa shape index (κ1) is 24.3. The van der Waals surface area contributed by atoms with E-state index in [1.165, 1.54) is 12.1 Å². The van der Waals surface area contributed by atoms with Gasteiger partial charge in [0.25, 0.3) is 5.91 Å². The average molecular weight is 479 g/mol. The number of ether oxygens (including phenoxy) is 2. The molecule has 1 amide bonds. The van der Waals surface area contributed by atoms with Gasteiger partial charge in [-0.1, -0.05) is 25.1 Å². The van der Waals surface area contributed by atoms with Gasteiger partial charge in [0.1, 0.15) is 17.3 Å². The van der Waals surface area contributed by atoms with E-state index in [-0.39, 0.29) is 17.8 Å². The molecule has 3 aromatic carbocycles. The van der Waals surface area contributed by atoms with Crippen LogP contribution in [0.15, 0.2) is 66.9 Å². The maximum Gasteiger partial charge on any atom is 0.255 e. The number of carbonyl (C=O) groups excluding carboxylic acids is 1. The Bertz CT molecular complexity index is 1320. The van der Waals surface area contributed by atoms with Gasteiger partial charge in [0.15, 0.2) is 0 Å². The summed E-state index contributed by atoms with van der Waals surface area (Å²) in [6.07, 6.45) is 3.18. The molecule has 1 unspecified atom stereocenters. The molecule has 2 N–H and O–H groups in total. The minimum absolute atomic E-state index is 0.214. The Morgan fingerprint density at radius 3 is 2.69 bits per heavy atom. The largest absolute Gasteiger partial charge is 0.493 e. The van der Waals surface area contributed by atoms with Gasteiger partial charge in [0.05, 0.1) is 12.2 Å². The van der Waals surface area contributed by atoms with Crippen molar-refractivity contribution in [3.63, 3.8) is 0 Å². The number of alkyl halides is 1. The van der Waals surface area contributed by atoms with Crippen molar-refractivity contribution in [2.75, 3.05) is 13.5 Å². The lowest BCUT2D eigenvalue weighted by Gasteiger charge is -2.17.